The highest BCUT2D eigenvalue weighted by Gasteiger charge is 2.39. The van der Waals surface area contributed by atoms with E-state index in [1.165, 1.54) is 4.90 Å². The van der Waals surface area contributed by atoms with Gasteiger partial charge in [-0.05, 0) is 39.4 Å². The molecule has 35 heavy (non-hydrogen) atoms. The van der Waals surface area contributed by atoms with Crippen molar-refractivity contribution in [3.63, 3.8) is 0 Å². The van der Waals surface area contributed by atoms with Gasteiger partial charge in [-0.25, -0.2) is 0 Å². The molecular weight excluding hydrogens is 464 g/mol. The third kappa shape index (κ3) is 9.60. The van der Waals surface area contributed by atoms with E-state index in [0.717, 1.165) is 24.3 Å². The zero-order valence-corrected chi connectivity index (χ0v) is 23.6. The van der Waals surface area contributed by atoms with E-state index in [4.69, 9.17) is 5.73 Å². The number of thioether (sulfide) groups is 1. The molecule has 0 saturated carbocycles. The van der Waals surface area contributed by atoms with Crippen molar-refractivity contribution in [3.8, 4) is 0 Å². The smallest absolute Gasteiger partial charge is 0.243 e. The monoisotopic (exact) mass is 510 g/mol. The molecule has 2 atom stereocenters. The summed E-state index contributed by atoms with van der Waals surface area (Å²) in [5, 5.41) is 2.82. The SMILES string of the molecule is C=C1C(SCCCCCC(=O)N(C)[C@@H](CC(=O)C(C)(C)C)C(=O)NCCN)CC(=O)N1C(C)(C)C. The van der Waals surface area contributed by atoms with Gasteiger partial charge in [-0.2, -0.15) is 11.8 Å². The van der Waals surface area contributed by atoms with Crippen LogP contribution >= 0.6 is 11.8 Å². The molecule has 0 aromatic rings. The van der Waals surface area contributed by atoms with Gasteiger partial charge >= 0.3 is 0 Å². The Morgan fingerprint density at radius 3 is 2.31 bits per heavy atom. The standard InChI is InChI=1S/C26H46N4O4S/c1-18-20(17-23(33)30(18)26(5,6)7)35-15-11-9-10-12-22(32)29(8)19(24(34)28-14-13-27)16-21(31)25(2,3)4/h19-20H,1,9-17,27H2,2-8H3,(H,28,34)/t19-,20?/m0/s1. The summed E-state index contributed by atoms with van der Waals surface area (Å²) in [7, 11) is 1.59. The Morgan fingerprint density at radius 2 is 1.80 bits per heavy atom. The van der Waals surface area contributed by atoms with Crippen molar-refractivity contribution >= 4 is 35.3 Å². The van der Waals surface area contributed by atoms with Crippen LogP contribution in [0.1, 0.15) is 80.1 Å². The van der Waals surface area contributed by atoms with Gasteiger partial charge in [0.25, 0.3) is 0 Å². The fourth-order valence-corrected chi connectivity index (χ4v) is 5.18. The lowest BCUT2D eigenvalue weighted by Crippen LogP contribution is -2.50. The summed E-state index contributed by atoms with van der Waals surface area (Å²) >= 11 is 1.75. The summed E-state index contributed by atoms with van der Waals surface area (Å²) in [5.41, 5.74) is 5.52. The number of amides is 3. The number of nitrogens with one attached hydrogen (secondary N) is 1. The molecule has 1 unspecified atom stereocenters. The molecule has 1 fully saturated rings. The minimum atomic E-state index is -0.840. The first-order valence-corrected chi connectivity index (χ1v) is 13.6. The van der Waals surface area contributed by atoms with Crippen molar-refractivity contribution < 1.29 is 19.2 Å². The summed E-state index contributed by atoms with van der Waals surface area (Å²) < 4.78 is 0. The molecule has 1 aliphatic heterocycles. The third-order valence-corrected chi connectivity index (χ3v) is 7.48. The first-order valence-electron chi connectivity index (χ1n) is 12.5. The first-order chi connectivity index (χ1) is 16.1. The van der Waals surface area contributed by atoms with Gasteiger partial charge < -0.3 is 20.9 Å². The second-order valence-corrected chi connectivity index (χ2v) is 12.6. The molecule has 8 nitrogen and oxygen atoms in total. The number of ketones is 1. The van der Waals surface area contributed by atoms with Crippen LogP contribution in [-0.4, -0.2) is 76.0 Å². The Kier molecular flexibility index (Phi) is 12.0. The molecule has 0 bridgehead atoms. The van der Waals surface area contributed by atoms with Crippen molar-refractivity contribution in [2.75, 3.05) is 25.9 Å². The number of likely N-dealkylation sites (tertiary alicyclic amines) is 1. The lowest BCUT2D eigenvalue weighted by atomic mass is 9.86. The van der Waals surface area contributed by atoms with Gasteiger partial charge in [0.2, 0.25) is 17.7 Å². The lowest BCUT2D eigenvalue weighted by molar-refractivity contribution is -0.141. The minimum absolute atomic E-state index is 0.0195. The van der Waals surface area contributed by atoms with Gasteiger partial charge in [-0.3, -0.25) is 19.2 Å². The van der Waals surface area contributed by atoms with Crippen LogP contribution in [0.2, 0.25) is 0 Å². The Morgan fingerprint density at radius 1 is 1.17 bits per heavy atom. The molecule has 0 aromatic carbocycles. The number of hydrogen-bond acceptors (Lipinski definition) is 6. The molecule has 1 rings (SSSR count). The Bertz CT molecular complexity index is 785. The third-order valence-electron chi connectivity index (χ3n) is 6.12. The largest absolute Gasteiger partial charge is 0.353 e. The lowest BCUT2D eigenvalue weighted by Gasteiger charge is -2.33. The quantitative estimate of drug-likeness (QED) is 0.368. The van der Waals surface area contributed by atoms with E-state index < -0.39 is 11.5 Å². The molecule has 1 heterocycles. The highest BCUT2D eigenvalue weighted by Crippen LogP contribution is 2.36. The predicted molar refractivity (Wildman–Crippen MR) is 143 cm³/mol. The average molecular weight is 511 g/mol. The molecule has 200 valence electrons. The topological polar surface area (TPSA) is 113 Å². The van der Waals surface area contributed by atoms with Gasteiger partial charge in [0.1, 0.15) is 11.8 Å². The van der Waals surface area contributed by atoms with Crippen LogP contribution in [0.25, 0.3) is 0 Å². The maximum atomic E-state index is 12.8. The summed E-state index contributed by atoms with van der Waals surface area (Å²) in [6.45, 7) is 16.2. The maximum absolute atomic E-state index is 12.8. The van der Waals surface area contributed by atoms with E-state index in [0.29, 0.717) is 25.8 Å². The van der Waals surface area contributed by atoms with Crippen LogP contribution in [0.15, 0.2) is 12.3 Å². The minimum Gasteiger partial charge on any atom is -0.353 e. The second-order valence-electron chi connectivity index (χ2n) is 11.2. The number of hydrogen-bond donors (Lipinski definition) is 2. The van der Waals surface area contributed by atoms with E-state index in [2.05, 4.69) is 11.9 Å². The summed E-state index contributed by atoms with van der Waals surface area (Å²) in [4.78, 5) is 53.6. The molecule has 1 saturated heterocycles. The summed E-state index contributed by atoms with van der Waals surface area (Å²) in [5.74, 6) is 0.449. The number of carbonyl (C=O) groups excluding carboxylic acids is 4. The van der Waals surface area contributed by atoms with E-state index >= 15 is 0 Å². The molecule has 0 spiro atoms. The molecule has 9 heteroatoms. The van der Waals surface area contributed by atoms with Crippen LogP contribution < -0.4 is 11.1 Å². The average Bonchev–Trinajstić information content (AvgIpc) is 3.04. The Balaban J connectivity index is 2.51. The summed E-state index contributed by atoms with van der Waals surface area (Å²) in [6, 6.07) is -0.840. The van der Waals surface area contributed by atoms with Gasteiger partial charge in [-0.1, -0.05) is 33.8 Å². The van der Waals surface area contributed by atoms with E-state index in [1.54, 1.807) is 18.8 Å². The normalized spacial score (nSPS) is 17.5. The number of nitrogens with zero attached hydrogens (tertiary/aromatic N) is 2. The number of rotatable bonds is 13. The molecular formula is C26H46N4O4S. The highest BCUT2D eigenvalue weighted by molar-refractivity contribution is 8.00. The molecule has 3 N–H and O–H groups in total. The van der Waals surface area contributed by atoms with Gasteiger partial charge in [0.15, 0.2) is 0 Å². The number of likely N-dealkylation sites (N-methyl/N-ethyl adjacent to an activating group) is 1. The number of carbonyl (C=O) groups is 4. The maximum Gasteiger partial charge on any atom is 0.243 e. The van der Waals surface area contributed by atoms with Crippen LogP contribution in [-0.2, 0) is 19.2 Å². The highest BCUT2D eigenvalue weighted by atomic mass is 32.2. The van der Waals surface area contributed by atoms with Crippen molar-refractivity contribution in [1.82, 2.24) is 15.1 Å². The summed E-state index contributed by atoms with van der Waals surface area (Å²) in [6.07, 6.45) is 3.29. The molecule has 0 radical (unpaired) electrons. The van der Waals surface area contributed by atoms with Crippen molar-refractivity contribution in [2.24, 2.45) is 11.1 Å². The van der Waals surface area contributed by atoms with Crippen molar-refractivity contribution in [1.29, 1.82) is 0 Å². The molecule has 0 aliphatic carbocycles. The molecule has 0 aromatic heterocycles. The van der Waals surface area contributed by atoms with Gasteiger partial charge in [0.05, 0.1) is 5.25 Å². The van der Waals surface area contributed by atoms with E-state index in [1.807, 2.05) is 46.4 Å². The Labute approximate surface area is 215 Å². The fraction of sp³-hybridized carbons (Fsp3) is 0.769. The van der Waals surface area contributed by atoms with Gasteiger partial charge in [0, 0.05) is 56.1 Å². The van der Waals surface area contributed by atoms with Crippen LogP contribution in [0.3, 0.4) is 0 Å². The fourth-order valence-electron chi connectivity index (χ4n) is 3.96. The van der Waals surface area contributed by atoms with Crippen molar-refractivity contribution in [2.45, 2.75) is 96.9 Å². The number of unbranched alkanes of at least 4 members (excludes halogenated alkanes) is 2. The zero-order chi connectivity index (χ0) is 27.0. The number of nitrogens with two attached hydrogens (primary N) is 1. The van der Waals surface area contributed by atoms with Crippen LogP contribution in [0.4, 0.5) is 0 Å². The molecule has 1 aliphatic rings. The van der Waals surface area contributed by atoms with E-state index in [9.17, 15) is 19.2 Å². The van der Waals surface area contributed by atoms with Crippen LogP contribution in [0.5, 0.6) is 0 Å². The second kappa shape index (κ2) is 13.4. The van der Waals surface area contributed by atoms with Crippen LogP contribution in [0, 0.1) is 5.41 Å². The molecule has 3 amide bonds. The zero-order valence-electron chi connectivity index (χ0n) is 22.7. The Hall–Kier alpha value is -1.87. The first kappa shape index (κ1) is 31.2. The number of Topliss-reactive ketones (excluding diaryl/α,β-unsaturated/α-hetero) is 1. The van der Waals surface area contributed by atoms with Crippen molar-refractivity contribution in [3.05, 3.63) is 12.3 Å². The predicted octanol–water partition coefficient (Wildman–Crippen LogP) is 3.10. The van der Waals surface area contributed by atoms with E-state index in [-0.39, 0.29) is 47.3 Å². The van der Waals surface area contributed by atoms with Gasteiger partial charge in [-0.15, -0.1) is 0 Å².